The van der Waals surface area contributed by atoms with Crippen molar-refractivity contribution in [1.82, 2.24) is 4.90 Å². The van der Waals surface area contributed by atoms with Crippen molar-refractivity contribution in [3.05, 3.63) is 46.3 Å². The van der Waals surface area contributed by atoms with Crippen LogP contribution < -0.4 is 5.73 Å². The van der Waals surface area contributed by atoms with Gasteiger partial charge in [0.05, 0.1) is 6.04 Å². The third-order valence-electron chi connectivity index (χ3n) is 3.00. The summed E-state index contributed by atoms with van der Waals surface area (Å²) >= 11 is 0. The molecule has 0 radical (unpaired) electrons. The van der Waals surface area contributed by atoms with Crippen LogP contribution in [0.15, 0.2) is 35.4 Å². The maximum absolute atomic E-state index is 11.8. The van der Waals surface area contributed by atoms with E-state index in [2.05, 4.69) is 10.0 Å². The molecule has 1 heterocycles. The third-order valence-corrected chi connectivity index (χ3v) is 3.00. The first-order chi connectivity index (χ1) is 9.20. The van der Waals surface area contributed by atoms with Gasteiger partial charge >= 0.3 is 6.09 Å². The Hall–Kier alpha value is -2.24. The number of carbonyl (C=O) groups excluding carboxylic acids is 1. The van der Waals surface area contributed by atoms with E-state index in [0.717, 1.165) is 5.56 Å². The molecule has 7 nitrogen and oxygen atoms in total. The average molecular weight is 261 g/mol. The minimum Gasteiger partial charge on any atom is -0.445 e. The van der Waals surface area contributed by atoms with Gasteiger partial charge in [-0.25, -0.2) is 4.79 Å². The van der Waals surface area contributed by atoms with Gasteiger partial charge < -0.3 is 15.4 Å². The smallest absolute Gasteiger partial charge is 0.410 e. The molecule has 1 aromatic carbocycles. The number of azide groups is 1. The summed E-state index contributed by atoms with van der Waals surface area (Å²) in [6.07, 6.45) is -0.435. The van der Waals surface area contributed by atoms with Gasteiger partial charge in [0.2, 0.25) is 0 Å². The van der Waals surface area contributed by atoms with E-state index in [1.165, 1.54) is 4.90 Å². The van der Waals surface area contributed by atoms with E-state index in [0.29, 0.717) is 13.1 Å². The second kappa shape index (κ2) is 6.08. The number of benzene rings is 1. The summed E-state index contributed by atoms with van der Waals surface area (Å²) in [5.41, 5.74) is 15.1. The van der Waals surface area contributed by atoms with Gasteiger partial charge in [-0.2, -0.15) is 0 Å². The lowest BCUT2D eigenvalue weighted by molar-refractivity contribution is 0.103. The molecule has 2 atom stereocenters. The first kappa shape index (κ1) is 13.2. The number of rotatable bonds is 3. The van der Waals surface area contributed by atoms with Crippen molar-refractivity contribution >= 4 is 6.09 Å². The van der Waals surface area contributed by atoms with Gasteiger partial charge in [0.15, 0.2) is 0 Å². The lowest BCUT2D eigenvalue weighted by atomic mass is 10.2. The van der Waals surface area contributed by atoms with Crippen LogP contribution >= 0.6 is 0 Å². The summed E-state index contributed by atoms with van der Waals surface area (Å²) in [7, 11) is 0. The van der Waals surface area contributed by atoms with E-state index < -0.39 is 6.09 Å². The number of likely N-dealkylation sites (tertiary alicyclic amines) is 1. The van der Waals surface area contributed by atoms with Crippen LogP contribution in [-0.4, -0.2) is 36.2 Å². The van der Waals surface area contributed by atoms with Crippen LogP contribution in [0.25, 0.3) is 10.4 Å². The molecule has 1 amide bonds. The summed E-state index contributed by atoms with van der Waals surface area (Å²) in [5.74, 6) is 0. The van der Waals surface area contributed by atoms with Gasteiger partial charge in [-0.3, -0.25) is 0 Å². The minimum atomic E-state index is -0.435. The fraction of sp³-hybridized carbons (Fsp3) is 0.417. The van der Waals surface area contributed by atoms with Crippen molar-refractivity contribution in [1.29, 1.82) is 0 Å². The van der Waals surface area contributed by atoms with Crippen molar-refractivity contribution in [2.24, 2.45) is 10.8 Å². The molecule has 100 valence electrons. The zero-order chi connectivity index (χ0) is 13.7. The maximum Gasteiger partial charge on any atom is 0.410 e. The zero-order valence-electron chi connectivity index (χ0n) is 10.3. The molecule has 2 N–H and O–H groups in total. The number of hydrogen-bond donors (Lipinski definition) is 1. The lowest BCUT2D eigenvalue weighted by Crippen LogP contribution is -2.33. The fourth-order valence-corrected chi connectivity index (χ4v) is 1.96. The van der Waals surface area contributed by atoms with E-state index in [1.807, 2.05) is 30.3 Å². The molecule has 0 spiro atoms. The van der Waals surface area contributed by atoms with Gasteiger partial charge in [-0.15, -0.1) is 0 Å². The SMILES string of the molecule is [N-]=[N+]=N[C@H]1CN(C(=O)OCc2ccccc2)C[C@H]1N. The normalized spacial score (nSPS) is 21.8. The van der Waals surface area contributed by atoms with Crippen LogP contribution in [0.4, 0.5) is 4.79 Å². The highest BCUT2D eigenvalue weighted by molar-refractivity contribution is 5.68. The number of nitrogens with zero attached hydrogens (tertiary/aromatic N) is 4. The molecule has 1 aliphatic rings. The molecule has 0 aliphatic carbocycles. The second-order valence-electron chi connectivity index (χ2n) is 4.38. The first-order valence-corrected chi connectivity index (χ1v) is 5.96. The monoisotopic (exact) mass is 261 g/mol. The van der Waals surface area contributed by atoms with Gasteiger partial charge in [-0.1, -0.05) is 35.4 Å². The molecule has 0 aromatic heterocycles. The number of hydrogen-bond acceptors (Lipinski definition) is 4. The summed E-state index contributed by atoms with van der Waals surface area (Å²) in [6.45, 7) is 0.869. The summed E-state index contributed by atoms with van der Waals surface area (Å²) in [6, 6.07) is 8.71. The van der Waals surface area contributed by atoms with Gasteiger partial charge in [0.1, 0.15) is 6.61 Å². The fourth-order valence-electron chi connectivity index (χ4n) is 1.96. The third kappa shape index (κ3) is 3.37. The van der Waals surface area contributed by atoms with Crippen LogP contribution in [0.3, 0.4) is 0 Å². The zero-order valence-corrected chi connectivity index (χ0v) is 10.3. The highest BCUT2D eigenvalue weighted by atomic mass is 16.6. The van der Waals surface area contributed by atoms with Crippen LogP contribution in [0.1, 0.15) is 5.56 Å². The second-order valence-corrected chi connectivity index (χ2v) is 4.38. The van der Waals surface area contributed by atoms with Crippen molar-refractivity contribution < 1.29 is 9.53 Å². The molecule has 1 aliphatic heterocycles. The highest BCUT2D eigenvalue weighted by Crippen LogP contribution is 2.14. The number of ether oxygens (including phenoxy) is 1. The Balaban J connectivity index is 1.86. The van der Waals surface area contributed by atoms with Crippen molar-refractivity contribution in [3.8, 4) is 0 Å². The summed E-state index contributed by atoms with van der Waals surface area (Å²) in [4.78, 5) is 16.0. The molecule has 19 heavy (non-hydrogen) atoms. The van der Waals surface area contributed by atoms with E-state index in [9.17, 15) is 4.79 Å². The Kier molecular flexibility index (Phi) is 4.22. The maximum atomic E-state index is 11.8. The molecule has 1 fully saturated rings. The van der Waals surface area contributed by atoms with Crippen molar-refractivity contribution in [2.45, 2.75) is 18.7 Å². The van der Waals surface area contributed by atoms with E-state index >= 15 is 0 Å². The largest absolute Gasteiger partial charge is 0.445 e. The Morgan fingerprint density at radius 2 is 2.21 bits per heavy atom. The van der Waals surface area contributed by atoms with E-state index in [4.69, 9.17) is 16.0 Å². The van der Waals surface area contributed by atoms with Crippen molar-refractivity contribution in [3.63, 3.8) is 0 Å². The highest BCUT2D eigenvalue weighted by Gasteiger charge is 2.33. The average Bonchev–Trinajstić information content (AvgIpc) is 2.79. The number of nitrogens with two attached hydrogens (primary N) is 1. The van der Waals surface area contributed by atoms with Crippen LogP contribution in [0.2, 0.25) is 0 Å². The Morgan fingerprint density at radius 3 is 2.89 bits per heavy atom. The number of carbonyl (C=O) groups is 1. The predicted octanol–water partition coefficient (Wildman–Crippen LogP) is 1.65. The van der Waals surface area contributed by atoms with Gasteiger partial charge in [0.25, 0.3) is 0 Å². The minimum absolute atomic E-state index is 0.220. The van der Waals surface area contributed by atoms with Crippen molar-refractivity contribution in [2.75, 3.05) is 13.1 Å². The summed E-state index contributed by atoms with van der Waals surface area (Å²) in [5, 5.41) is 3.56. The molecule has 0 bridgehead atoms. The van der Waals surface area contributed by atoms with Gasteiger partial charge in [0, 0.05) is 24.0 Å². The Labute approximate surface area is 110 Å². The van der Waals surface area contributed by atoms with Crippen LogP contribution in [-0.2, 0) is 11.3 Å². The first-order valence-electron chi connectivity index (χ1n) is 5.96. The molecular formula is C12H15N5O2. The molecule has 1 aromatic rings. The van der Waals surface area contributed by atoms with Crippen LogP contribution in [0.5, 0.6) is 0 Å². The van der Waals surface area contributed by atoms with E-state index in [-0.39, 0.29) is 18.7 Å². The summed E-state index contributed by atoms with van der Waals surface area (Å²) < 4.78 is 5.18. The molecule has 0 saturated carbocycles. The molecule has 1 saturated heterocycles. The molecular weight excluding hydrogens is 246 g/mol. The quantitative estimate of drug-likeness (QED) is 0.508. The standard InChI is InChI=1S/C12H15N5O2/c13-10-6-17(7-11(10)15-16-14)12(18)19-8-9-4-2-1-3-5-9/h1-5,10-11H,6-8,13H2/t10-,11+/m1/s1. The van der Waals surface area contributed by atoms with E-state index in [1.54, 1.807) is 0 Å². The Morgan fingerprint density at radius 1 is 1.47 bits per heavy atom. The molecule has 0 unspecified atom stereocenters. The molecule has 2 rings (SSSR count). The Bertz CT molecular complexity index is 486. The predicted molar refractivity (Wildman–Crippen MR) is 69.1 cm³/mol. The van der Waals surface area contributed by atoms with Gasteiger partial charge in [-0.05, 0) is 11.1 Å². The van der Waals surface area contributed by atoms with Crippen LogP contribution in [0, 0.1) is 0 Å². The topological polar surface area (TPSA) is 104 Å². The number of amides is 1. The molecule has 7 heteroatoms. The lowest BCUT2D eigenvalue weighted by Gasteiger charge is -2.15.